The summed E-state index contributed by atoms with van der Waals surface area (Å²) in [5.74, 6) is 0.439. The van der Waals surface area contributed by atoms with E-state index in [0.29, 0.717) is 12.4 Å². The Morgan fingerprint density at radius 1 is 1.44 bits per heavy atom. The van der Waals surface area contributed by atoms with Crippen molar-refractivity contribution in [1.82, 2.24) is 10.6 Å². The molecule has 1 aromatic rings. The lowest BCUT2D eigenvalue weighted by Gasteiger charge is -2.14. The number of hydrogen-bond acceptors (Lipinski definition) is 1. The standard InChI is InChI=1S/C12H15ClN2O/c13-7-8-14-12(16)15-11-6-5-9-3-1-2-4-10(9)11/h1-4,11H,5-8H2,(H2,14,15,16). The zero-order chi connectivity index (χ0) is 11.4. The van der Waals surface area contributed by atoms with Crippen molar-refractivity contribution in [2.45, 2.75) is 18.9 Å². The second kappa shape index (κ2) is 5.21. The number of rotatable bonds is 3. The summed E-state index contributed by atoms with van der Waals surface area (Å²) in [4.78, 5) is 11.5. The first-order valence-corrected chi connectivity index (χ1v) is 6.03. The maximum absolute atomic E-state index is 11.5. The Balaban J connectivity index is 1.95. The molecule has 1 aromatic carbocycles. The van der Waals surface area contributed by atoms with E-state index < -0.39 is 0 Å². The maximum Gasteiger partial charge on any atom is 0.315 e. The summed E-state index contributed by atoms with van der Waals surface area (Å²) in [6.07, 6.45) is 2.02. The van der Waals surface area contributed by atoms with Gasteiger partial charge in [-0.15, -0.1) is 11.6 Å². The van der Waals surface area contributed by atoms with Gasteiger partial charge in [0, 0.05) is 12.4 Å². The molecule has 0 aliphatic heterocycles. The molecule has 1 aliphatic rings. The molecule has 2 rings (SSSR count). The van der Waals surface area contributed by atoms with Crippen LogP contribution in [0.1, 0.15) is 23.6 Å². The Morgan fingerprint density at radius 3 is 3.06 bits per heavy atom. The fourth-order valence-corrected chi connectivity index (χ4v) is 2.17. The topological polar surface area (TPSA) is 41.1 Å². The molecule has 1 aliphatic carbocycles. The molecule has 1 unspecified atom stereocenters. The van der Waals surface area contributed by atoms with Crippen molar-refractivity contribution >= 4 is 17.6 Å². The number of fused-ring (bicyclic) bond motifs is 1. The van der Waals surface area contributed by atoms with E-state index in [4.69, 9.17) is 11.6 Å². The van der Waals surface area contributed by atoms with Gasteiger partial charge in [0.2, 0.25) is 0 Å². The minimum absolute atomic E-state index is 0.137. The molecule has 0 bridgehead atoms. The lowest BCUT2D eigenvalue weighted by atomic mass is 10.1. The fourth-order valence-electron chi connectivity index (χ4n) is 2.08. The highest BCUT2D eigenvalue weighted by Gasteiger charge is 2.22. The van der Waals surface area contributed by atoms with Crippen molar-refractivity contribution in [3.63, 3.8) is 0 Å². The monoisotopic (exact) mass is 238 g/mol. The van der Waals surface area contributed by atoms with E-state index in [-0.39, 0.29) is 12.1 Å². The summed E-state index contributed by atoms with van der Waals surface area (Å²) in [6, 6.07) is 8.25. The molecule has 16 heavy (non-hydrogen) atoms. The van der Waals surface area contributed by atoms with Crippen LogP contribution in [0.15, 0.2) is 24.3 Å². The third-order valence-electron chi connectivity index (χ3n) is 2.82. The van der Waals surface area contributed by atoms with Gasteiger partial charge in [-0.25, -0.2) is 4.79 Å². The highest BCUT2D eigenvalue weighted by atomic mass is 35.5. The van der Waals surface area contributed by atoms with E-state index in [9.17, 15) is 4.79 Å². The Kier molecular flexibility index (Phi) is 3.67. The lowest BCUT2D eigenvalue weighted by molar-refractivity contribution is 0.237. The van der Waals surface area contributed by atoms with Gasteiger partial charge in [0.25, 0.3) is 0 Å². The first-order chi connectivity index (χ1) is 7.81. The zero-order valence-electron chi connectivity index (χ0n) is 9.00. The summed E-state index contributed by atoms with van der Waals surface area (Å²) in [7, 11) is 0. The summed E-state index contributed by atoms with van der Waals surface area (Å²) in [5, 5.41) is 5.67. The number of carbonyl (C=O) groups excluding carboxylic acids is 1. The highest BCUT2D eigenvalue weighted by Crippen LogP contribution is 2.30. The van der Waals surface area contributed by atoms with Crippen LogP contribution in [-0.4, -0.2) is 18.5 Å². The SMILES string of the molecule is O=C(NCCCl)NC1CCc2ccccc21. The minimum Gasteiger partial charge on any atom is -0.337 e. The maximum atomic E-state index is 11.5. The zero-order valence-corrected chi connectivity index (χ0v) is 9.76. The van der Waals surface area contributed by atoms with Crippen molar-refractivity contribution in [1.29, 1.82) is 0 Å². The highest BCUT2D eigenvalue weighted by molar-refractivity contribution is 6.18. The quantitative estimate of drug-likeness (QED) is 0.779. The van der Waals surface area contributed by atoms with Crippen molar-refractivity contribution in [3.8, 4) is 0 Å². The number of hydrogen-bond donors (Lipinski definition) is 2. The second-order valence-corrected chi connectivity index (χ2v) is 4.26. The smallest absolute Gasteiger partial charge is 0.315 e. The third kappa shape index (κ3) is 2.47. The van der Waals surface area contributed by atoms with E-state index in [2.05, 4.69) is 22.8 Å². The summed E-state index contributed by atoms with van der Waals surface area (Å²) < 4.78 is 0. The summed E-state index contributed by atoms with van der Waals surface area (Å²) >= 11 is 5.50. The van der Waals surface area contributed by atoms with Gasteiger partial charge in [-0.3, -0.25) is 0 Å². The predicted octanol–water partition coefficient (Wildman–Crippen LogP) is 2.21. The summed E-state index contributed by atoms with van der Waals surface area (Å²) in [6.45, 7) is 0.502. The van der Waals surface area contributed by atoms with Crippen LogP contribution in [0.5, 0.6) is 0 Å². The molecule has 0 saturated carbocycles. The van der Waals surface area contributed by atoms with Crippen LogP contribution in [0.25, 0.3) is 0 Å². The van der Waals surface area contributed by atoms with Gasteiger partial charge in [0.05, 0.1) is 6.04 Å². The van der Waals surface area contributed by atoms with E-state index in [1.807, 2.05) is 12.1 Å². The number of urea groups is 1. The van der Waals surface area contributed by atoms with E-state index in [1.54, 1.807) is 0 Å². The first kappa shape index (κ1) is 11.3. The van der Waals surface area contributed by atoms with Gasteiger partial charge in [-0.1, -0.05) is 24.3 Å². The molecule has 2 amide bonds. The Morgan fingerprint density at radius 2 is 2.25 bits per heavy atom. The largest absolute Gasteiger partial charge is 0.337 e. The second-order valence-electron chi connectivity index (χ2n) is 3.88. The first-order valence-electron chi connectivity index (χ1n) is 5.49. The third-order valence-corrected chi connectivity index (χ3v) is 3.01. The molecule has 0 heterocycles. The number of amides is 2. The van der Waals surface area contributed by atoms with Crippen LogP contribution in [-0.2, 0) is 6.42 Å². The Hall–Kier alpha value is -1.22. The molecular formula is C12H15ClN2O. The number of halogens is 1. The molecule has 0 fully saturated rings. The average molecular weight is 239 g/mol. The number of benzene rings is 1. The Labute approximate surface area is 100 Å². The van der Waals surface area contributed by atoms with Crippen LogP contribution in [0.3, 0.4) is 0 Å². The van der Waals surface area contributed by atoms with Crippen LogP contribution >= 0.6 is 11.6 Å². The Bertz CT molecular complexity index is 381. The van der Waals surface area contributed by atoms with Gasteiger partial charge in [-0.2, -0.15) is 0 Å². The molecule has 0 spiro atoms. The van der Waals surface area contributed by atoms with Gasteiger partial charge < -0.3 is 10.6 Å². The predicted molar refractivity (Wildman–Crippen MR) is 64.8 cm³/mol. The molecule has 0 radical (unpaired) electrons. The summed E-state index contributed by atoms with van der Waals surface area (Å²) in [5.41, 5.74) is 2.58. The molecule has 86 valence electrons. The van der Waals surface area contributed by atoms with Gasteiger partial charge >= 0.3 is 6.03 Å². The molecule has 2 N–H and O–H groups in total. The lowest BCUT2D eigenvalue weighted by Crippen LogP contribution is -2.38. The molecule has 4 heteroatoms. The van der Waals surface area contributed by atoms with E-state index >= 15 is 0 Å². The molecule has 1 atom stereocenters. The fraction of sp³-hybridized carbons (Fsp3) is 0.417. The van der Waals surface area contributed by atoms with Crippen LogP contribution in [0.4, 0.5) is 4.79 Å². The van der Waals surface area contributed by atoms with Crippen LogP contribution in [0.2, 0.25) is 0 Å². The molecule has 0 saturated heterocycles. The van der Waals surface area contributed by atoms with Crippen molar-refractivity contribution in [2.75, 3.05) is 12.4 Å². The molecule has 0 aromatic heterocycles. The number of alkyl halides is 1. The average Bonchev–Trinajstić information content (AvgIpc) is 2.70. The minimum atomic E-state index is -0.137. The normalized spacial score (nSPS) is 17.9. The van der Waals surface area contributed by atoms with Gasteiger partial charge in [-0.05, 0) is 24.0 Å². The van der Waals surface area contributed by atoms with Crippen LogP contribution < -0.4 is 10.6 Å². The number of aryl methyl sites for hydroxylation is 1. The van der Waals surface area contributed by atoms with E-state index in [0.717, 1.165) is 12.8 Å². The number of carbonyl (C=O) groups is 1. The van der Waals surface area contributed by atoms with Crippen molar-refractivity contribution in [2.24, 2.45) is 0 Å². The number of nitrogens with one attached hydrogen (secondary N) is 2. The van der Waals surface area contributed by atoms with E-state index in [1.165, 1.54) is 11.1 Å². The molecule has 3 nitrogen and oxygen atoms in total. The van der Waals surface area contributed by atoms with Gasteiger partial charge in [0.1, 0.15) is 0 Å². The van der Waals surface area contributed by atoms with Gasteiger partial charge in [0.15, 0.2) is 0 Å². The molecular weight excluding hydrogens is 224 g/mol. The van der Waals surface area contributed by atoms with Crippen molar-refractivity contribution in [3.05, 3.63) is 35.4 Å². The van der Waals surface area contributed by atoms with Crippen molar-refractivity contribution < 1.29 is 4.79 Å². The van der Waals surface area contributed by atoms with Crippen LogP contribution in [0, 0.1) is 0 Å².